The molecule has 0 aliphatic heterocycles. The molecule has 0 aliphatic rings. The number of nitrogens with one attached hydrogen (secondary N) is 1. The zero-order valence-electron chi connectivity index (χ0n) is 10.7. The van der Waals surface area contributed by atoms with Crippen LogP contribution in [0.2, 0.25) is 0 Å². The maximum Gasteiger partial charge on any atom is 0.0465 e. The number of H-pyrrole nitrogens is 1. The standard InChI is InChI=1S/C18H15N/c1-3-7-13(4-2)14-10-11-18-16(12-14)15-8-5-6-9-17(15)19-18/h3-12,19H,1-2H2/b13-7+. The first kappa shape index (κ1) is 11.5. The number of hydrogen-bond acceptors (Lipinski definition) is 0. The average molecular weight is 245 g/mol. The number of para-hydroxylation sites is 1. The molecular weight excluding hydrogens is 230 g/mol. The van der Waals surface area contributed by atoms with Crippen molar-refractivity contribution < 1.29 is 0 Å². The van der Waals surface area contributed by atoms with Crippen molar-refractivity contribution in [1.82, 2.24) is 4.98 Å². The summed E-state index contributed by atoms with van der Waals surface area (Å²) in [7, 11) is 0. The van der Waals surface area contributed by atoms with E-state index in [0.29, 0.717) is 0 Å². The molecule has 0 spiro atoms. The summed E-state index contributed by atoms with van der Waals surface area (Å²) in [6.07, 6.45) is 5.62. The third-order valence-corrected chi connectivity index (χ3v) is 3.36. The van der Waals surface area contributed by atoms with Gasteiger partial charge >= 0.3 is 0 Å². The molecule has 0 atom stereocenters. The van der Waals surface area contributed by atoms with Gasteiger partial charge in [0.05, 0.1) is 0 Å². The van der Waals surface area contributed by atoms with Crippen molar-refractivity contribution in [1.29, 1.82) is 0 Å². The first-order valence-corrected chi connectivity index (χ1v) is 6.29. The summed E-state index contributed by atoms with van der Waals surface area (Å²) in [5, 5.41) is 2.49. The number of fused-ring (bicyclic) bond motifs is 3. The smallest absolute Gasteiger partial charge is 0.0465 e. The molecular formula is C18H15N. The van der Waals surface area contributed by atoms with Gasteiger partial charge in [0.2, 0.25) is 0 Å². The van der Waals surface area contributed by atoms with E-state index in [2.05, 4.69) is 54.5 Å². The molecule has 3 aromatic rings. The third kappa shape index (κ3) is 1.89. The zero-order valence-corrected chi connectivity index (χ0v) is 10.7. The second kappa shape index (κ2) is 4.62. The number of allylic oxidation sites excluding steroid dienone is 4. The van der Waals surface area contributed by atoms with Crippen molar-refractivity contribution in [2.45, 2.75) is 0 Å². The van der Waals surface area contributed by atoms with E-state index >= 15 is 0 Å². The molecule has 0 unspecified atom stereocenters. The highest BCUT2D eigenvalue weighted by atomic mass is 14.7. The third-order valence-electron chi connectivity index (χ3n) is 3.36. The average Bonchev–Trinajstić information content (AvgIpc) is 2.82. The lowest BCUT2D eigenvalue weighted by atomic mass is 10.0. The molecule has 19 heavy (non-hydrogen) atoms. The Bertz CT molecular complexity index is 803. The van der Waals surface area contributed by atoms with Crippen LogP contribution in [0.15, 0.2) is 73.9 Å². The fourth-order valence-corrected chi connectivity index (χ4v) is 2.44. The maximum atomic E-state index is 3.86. The van der Waals surface area contributed by atoms with E-state index in [-0.39, 0.29) is 0 Å². The summed E-state index contributed by atoms with van der Waals surface area (Å²) < 4.78 is 0. The van der Waals surface area contributed by atoms with E-state index in [0.717, 1.165) is 16.7 Å². The lowest BCUT2D eigenvalue weighted by molar-refractivity contribution is 1.54. The van der Waals surface area contributed by atoms with Gasteiger partial charge in [0, 0.05) is 21.8 Å². The van der Waals surface area contributed by atoms with E-state index in [1.165, 1.54) is 16.3 Å². The predicted octanol–water partition coefficient (Wildman–Crippen LogP) is 5.08. The van der Waals surface area contributed by atoms with Crippen LogP contribution in [-0.2, 0) is 0 Å². The van der Waals surface area contributed by atoms with Crippen molar-refractivity contribution in [3.8, 4) is 0 Å². The SMILES string of the molecule is C=C/C=C(\C=C)c1ccc2[nH]c3ccccc3c2c1. The van der Waals surface area contributed by atoms with Crippen LogP contribution in [-0.4, -0.2) is 4.98 Å². The van der Waals surface area contributed by atoms with Crippen LogP contribution in [0.5, 0.6) is 0 Å². The Hall–Kier alpha value is -2.54. The number of hydrogen-bond donors (Lipinski definition) is 1. The van der Waals surface area contributed by atoms with Gasteiger partial charge < -0.3 is 4.98 Å². The van der Waals surface area contributed by atoms with E-state index < -0.39 is 0 Å². The Morgan fingerprint density at radius 2 is 1.74 bits per heavy atom. The largest absolute Gasteiger partial charge is 0.355 e. The fraction of sp³-hybridized carbons (Fsp3) is 0. The Balaban J connectivity index is 2.30. The van der Waals surface area contributed by atoms with Gasteiger partial charge in [0.1, 0.15) is 0 Å². The van der Waals surface area contributed by atoms with Crippen molar-refractivity contribution in [3.63, 3.8) is 0 Å². The summed E-state index contributed by atoms with van der Waals surface area (Å²) in [6, 6.07) is 14.8. The Labute approximate surface area is 112 Å². The summed E-state index contributed by atoms with van der Waals surface area (Å²) in [6.45, 7) is 7.61. The van der Waals surface area contributed by atoms with Crippen LogP contribution in [0.25, 0.3) is 27.4 Å². The topological polar surface area (TPSA) is 15.8 Å². The van der Waals surface area contributed by atoms with Gasteiger partial charge in [-0.15, -0.1) is 0 Å². The predicted molar refractivity (Wildman–Crippen MR) is 84.2 cm³/mol. The Morgan fingerprint density at radius 3 is 2.53 bits per heavy atom. The second-order valence-electron chi connectivity index (χ2n) is 4.49. The van der Waals surface area contributed by atoms with Crippen LogP contribution in [0.3, 0.4) is 0 Å². The summed E-state index contributed by atoms with van der Waals surface area (Å²) in [5.41, 5.74) is 4.57. The van der Waals surface area contributed by atoms with Crippen molar-refractivity contribution in [3.05, 3.63) is 79.4 Å². The highest BCUT2D eigenvalue weighted by molar-refractivity contribution is 6.08. The van der Waals surface area contributed by atoms with Crippen LogP contribution < -0.4 is 0 Å². The van der Waals surface area contributed by atoms with Crippen LogP contribution >= 0.6 is 0 Å². The van der Waals surface area contributed by atoms with Gasteiger partial charge in [-0.1, -0.05) is 55.7 Å². The summed E-state index contributed by atoms with van der Waals surface area (Å²) >= 11 is 0. The van der Waals surface area contributed by atoms with E-state index in [1.54, 1.807) is 6.08 Å². The van der Waals surface area contributed by atoms with Crippen LogP contribution in [0, 0.1) is 0 Å². The fourth-order valence-electron chi connectivity index (χ4n) is 2.44. The molecule has 0 aliphatic carbocycles. The molecule has 2 aromatic carbocycles. The molecule has 92 valence electrons. The van der Waals surface area contributed by atoms with Gasteiger partial charge in [0.25, 0.3) is 0 Å². The zero-order chi connectivity index (χ0) is 13.2. The highest BCUT2D eigenvalue weighted by Crippen LogP contribution is 2.28. The van der Waals surface area contributed by atoms with Crippen LogP contribution in [0.4, 0.5) is 0 Å². The minimum atomic E-state index is 1.09. The Kier molecular flexibility index (Phi) is 2.81. The lowest BCUT2D eigenvalue weighted by Gasteiger charge is -2.02. The molecule has 1 nitrogen and oxygen atoms in total. The minimum absolute atomic E-state index is 1.09. The summed E-state index contributed by atoms with van der Waals surface area (Å²) in [4.78, 5) is 3.43. The first-order chi connectivity index (χ1) is 9.33. The van der Waals surface area contributed by atoms with E-state index in [1.807, 2.05) is 18.2 Å². The van der Waals surface area contributed by atoms with Crippen LogP contribution in [0.1, 0.15) is 5.56 Å². The molecule has 1 aromatic heterocycles. The molecule has 0 saturated carbocycles. The Morgan fingerprint density at radius 1 is 0.947 bits per heavy atom. The van der Waals surface area contributed by atoms with Crippen molar-refractivity contribution >= 4 is 27.4 Å². The number of benzene rings is 2. The van der Waals surface area contributed by atoms with Gasteiger partial charge in [-0.3, -0.25) is 0 Å². The molecule has 0 bridgehead atoms. The van der Waals surface area contributed by atoms with Crippen molar-refractivity contribution in [2.24, 2.45) is 0 Å². The van der Waals surface area contributed by atoms with E-state index in [4.69, 9.17) is 0 Å². The lowest BCUT2D eigenvalue weighted by Crippen LogP contribution is -1.80. The molecule has 0 fully saturated rings. The molecule has 1 heterocycles. The molecule has 1 N–H and O–H groups in total. The van der Waals surface area contributed by atoms with Gasteiger partial charge in [-0.05, 0) is 29.3 Å². The monoisotopic (exact) mass is 245 g/mol. The number of aromatic nitrogens is 1. The van der Waals surface area contributed by atoms with Gasteiger partial charge in [-0.25, -0.2) is 0 Å². The molecule has 3 rings (SSSR count). The molecule has 1 heteroatoms. The quantitative estimate of drug-likeness (QED) is 0.619. The normalized spacial score (nSPS) is 11.9. The summed E-state index contributed by atoms with van der Waals surface area (Å²) in [5.74, 6) is 0. The number of aromatic amines is 1. The highest BCUT2D eigenvalue weighted by Gasteiger charge is 2.05. The van der Waals surface area contributed by atoms with Gasteiger partial charge in [0.15, 0.2) is 0 Å². The molecule has 0 radical (unpaired) electrons. The maximum absolute atomic E-state index is 3.86. The number of rotatable bonds is 3. The first-order valence-electron chi connectivity index (χ1n) is 6.29. The van der Waals surface area contributed by atoms with Crippen molar-refractivity contribution in [2.75, 3.05) is 0 Å². The molecule has 0 saturated heterocycles. The minimum Gasteiger partial charge on any atom is -0.355 e. The van der Waals surface area contributed by atoms with E-state index in [9.17, 15) is 0 Å². The second-order valence-corrected chi connectivity index (χ2v) is 4.49. The molecule has 0 amide bonds. The van der Waals surface area contributed by atoms with Gasteiger partial charge in [-0.2, -0.15) is 0 Å².